The number of aryl methyl sites for hydroxylation is 1. The average molecular weight is 245 g/mol. The number of pyridine rings is 1. The van der Waals surface area contributed by atoms with Crippen LogP contribution in [0.1, 0.15) is 18.4 Å². The molecule has 1 fully saturated rings. The predicted octanol–water partition coefficient (Wildman–Crippen LogP) is -1.88. The lowest BCUT2D eigenvalue weighted by atomic mass is 10.2. The number of quaternary nitrogens is 1. The Hall–Kier alpha value is -1.00. The summed E-state index contributed by atoms with van der Waals surface area (Å²) in [5, 5.41) is 9.83. The Morgan fingerprint density at radius 1 is 1.38 bits per heavy atom. The van der Waals surface area contributed by atoms with Gasteiger partial charge in [-0.1, -0.05) is 0 Å². The van der Waals surface area contributed by atoms with Crippen LogP contribution in [-0.4, -0.2) is 30.2 Å². The zero-order valence-electron chi connectivity index (χ0n) is 9.59. The van der Waals surface area contributed by atoms with Crippen LogP contribution in [0.15, 0.2) is 10.9 Å². The van der Waals surface area contributed by atoms with Gasteiger partial charge in [-0.3, -0.25) is 14.3 Å². The topological polar surface area (TPSA) is 53.1 Å². The molecule has 1 saturated heterocycles. The molecule has 0 aromatic carbocycles. The molecular formula is C11H17ClN2O2. The van der Waals surface area contributed by atoms with Crippen molar-refractivity contribution in [3.05, 3.63) is 22.0 Å². The van der Waals surface area contributed by atoms with Crippen molar-refractivity contribution in [2.75, 3.05) is 20.1 Å². The summed E-state index contributed by atoms with van der Waals surface area (Å²) in [6.07, 6.45) is 2.35. The molecule has 0 bridgehead atoms. The average Bonchev–Trinajstić information content (AvgIpc) is 2.50. The van der Waals surface area contributed by atoms with E-state index in [4.69, 9.17) is 0 Å². The highest BCUT2D eigenvalue weighted by Gasteiger charge is 2.34. The second-order valence-corrected chi connectivity index (χ2v) is 4.56. The Balaban J connectivity index is 0.00000128. The van der Waals surface area contributed by atoms with Gasteiger partial charge in [0.25, 0.3) is 11.4 Å². The van der Waals surface area contributed by atoms with Gasteiger partial charge in [0.05, 0.1) is 20.1 Å². The minimum Gasteiger partial charge on any atom is -1.00 e. The summed E-state index contributed by atoms with van der Waals surface area (Å²) in [5.41, 5.74) is 1.51. The minimum atomic E-state index is -0.237. The molecule has 1 aromatic rings. The van der Waals surface area contributed by atoms with E-state index in [9.17, 15) is 9.90 Å². The van der Waals surface area contributed by atoms with Crippen LogP contribution in [0, 0.1) is 6.92 Å². The largest absolute Gasteiger partial charge is 1.00 e. The highest BCUT2D eigenvalue weighted by molar-refractivity contribution is 5.56. The van der Waals surface area contributed by atoms with Gasteiger partial charge in [0.1, 0.15) is 0 Å². The van der Waals surface area contributed by atoms with Crippen molar-refractivity contribution in [2.45, 2.75) is 19.8 Å². The zero-order valence-corrected chi connectivity index (χ0v) is 10.3. The third-order valence-corrected chi connectivity index (χ3v) is 3.28. The van der Waals surface area contributed by atoms with Crippen molar-refractivity contribution >= 4 is 5.69 Å². The fourth-order valence-electron chi connectivity index (χ4n) is 2.60. The van der Waals surface area contributed by atoms with Gasteiger partial charge >= 0.3 is 0 Å². The first kappa shape index (κ1) is 13.1. The summed E-state index contributed by atoms with van der Waals surface area (Å²) in [4.78, 5) is 13.6. The van der Waals surface area contributed by atoms with E-state index >= 15 is 0 Å². The molecule has 5 heteroatoms. The molecule has 2 N–H and O–H groups in total. The maximum Gasteiger partial charge on any atom is 0.255 e. The lowest BCUT2D eigenvalue weighted by Gasteiger charge is -2.29. The van der Waals surface area contributed by atoms with Crippen LogP contribution in [0.3, 0.4) is 0 Å². The third-order valence-electron chi connectivity index (χ3n) is 3.28. The first-order chi connectivity index (χ1) is 7.03. The second kappa shape index (κ2) is 4.47. The fraction of sp³-hybridized carbons (Fsp3) is 0.545. The number of hydrogen-bond donors (Lipinski definition) is 2. The van der Waals surface area contributed by atoms with Crippen molar-refractivity contribution in [3.8, 4) is 5.88 Å². The van der Waals surface area contributed by atoms with E-state index in [1.807, 2.05) is 6.92 Å². The van der Waals surface area contributed by atoms with E-state index in [0.717, 1.165) is 28.8 Å². The van der Waals surface area contributed by atoms with E-state index in [0.29, 0.717) is 0 Å². The standard InChI is InChI=1S/C11H16N2O2.ClH/c1-8-7-9(14)12-11(15)10(8)13(2)5-3-4-6-13;/h7H,3-6H2,1-2H3,(H-,12,14,15);1H. The number of hydrogen-bond acceptors (Lipinski definition) is 2. The Bertz CT molecular complexity index is 410. The van der Waals surface area contributed by atoms with Crippen LogP contribution in [-0.2, 0) is 0 Å². The summed E-state index contributed by atoms with van der Waals surface area (Å²) in [6, 6.07) is 1.55. The van der Waals surface area contributed by atoms with Gasteiger partial charge in [-0.2, -0.15) is 0 Å². The number of rotatable bonds is 1. The summed E-state index contributed by atoms with van der Waals surface area (Å²) in [6.45, 7) is 3.94. The summed E-state index contributed by atoms with van der Waals surface area (Å²) < 4.78 is 0.731. The minimum absolute atomic E-state index is 0. The molecule has 2 heterocycles. The molecule has 4 nitrogen and oxygen atoms in total. The Kier molecular flexibility index (Phi) is 3.65. The van der Waals surface area contributed by atoms with E-state index in [1.165, 1.54) is 12.8 Å². The molecule has 0 saturated carbocycles. The summed E-state index contributed by atoms with van der Waals surface area (Å²) >= 11 is 0. The third kappa shape index (κ3) is 2.08. The Morgan fingerprint density at radius 3 is 2.44 bits per heavy atom. The van der Waals surface area contributed by atoms with E-state index in [-0.39, 0.29) is 23.8 Å². The highest BCUT2D eigenvalue weighted by atomic mass is 35.5. The van der Waals surface area contributed by atoms with Crippen LogP contribution in [0.25, 0.3) is 0 Å². The fourth-order valence-corrected chi connectivity index (χ4v) is 2.60. The normalized spacial score (nSPS) is 18.1. The van der Waals surface area contributed by atoms with Crippen LogP contribution < -0.4 is 22.4 Å². The molecule has 90 valence electrons. The van der Waals surface area contributed by atoms with E-state index in [2.05, 4.69) is 12.0 Å². The van der Waals surface area contributed by atoms with Crippen LogP contribution in [0.5, 0.6) is 5.88 Å². The molecule has 0 atom stereocenters. The quantitative estimate of drug-likeness (QED) is 0.569. The Morgan fingerprint density at radius 2 is 1.94 bits per heavy atom. The monoisotopic (exact) mass is 244 g/mol. The molecule has 1 aliphatic rings. The van der Waals surface area contributed by atoms with Crippen LogP contribution >= 0.6 is 0 Å². The zero-order chi connectivity index (χ0) is 11.1. The van der Waals surface area contributed by atoms with Gasteiger partial charge < -0.3 is 17.5 Å². The van der Waals surface area contributed by atoms with Crippen LogP contribution in [0.4, 0.5) is 5.69 Å². The van der Waals surface area contributed by atoms with Gasteiger partial charge in [0.15, 0.2) is 5.69 Å². The number of H-pyrrole nitrogens is 1. The van der Waals surface area contributed by atoms with Gasteiger partial charge in [0, 0.05) is 24.5 Å². The summed E-state index contributed by atoms with van der Waals surface area (Å²) in [7, 11) is 2.10. The number of aromatic amines is 1. The molecule has 1 aromatic heterocycles. The van der Waals surface area contributed by atoms with Crippen molar-refractivity contribution in [1.29, 1.82) is 0 Å². The smallest absolute Gasteiger partial charge is 0.255 e. The Labute approximate surface area is 101 Å². The molecule has 0 unspecified atom stereocenters. The maximum atomic E-state index is 11.2. The molecule has 1 aliphatic heterocycles. The number of halogens is 1. The molecule has 0 aliphatic carbocycles. The van der Waals surface area contributed by atoms with E-state index < -0.39 is 0 Å². The van der Waals surface area contributed by atoms with Gasteiger partial charge in [-0.25, -0.2) is 0 Å². The number of likely N-dealkylation sites (tertiary alicyclic amines) is 1. The van der Waals surface area contributed by atoms with Crippen molar-refractivity contribution in [1.82, 2.24) is 9.47 Å². The maximum absolute atomic E-state index is 11.2. The molecule has 16 heavy (non-hydrogen) atoms. The predicted molar refractivity (Wildman–Crippen MR) is 60.2 cm³/mol. The van der Waals surface area contributed by atoms with Crippen molar-refractivity contribution < 1.29 is 17.5 Å². The summed E-state index contributed by atoms with van der Waals surface area (Å²) in [5.74, 6) is 0.0319. The van der Waals surface area contributed by atoms with E-state index in [1.54, 1.807) is 6.07 Å². The van der Waals surface area contributed by atoms with Gasteiger partial charge in [-0.05, 0) is 6.92 Å². The molecule has 0 amide bonds. The molecule has 0 radical (unpaired) electrons. The van der Waals surface area contributed by atoms with Crippen LogP contribution in [0.2, 0.25) is 0 Å². The number of aromatic hydroxyl groups is 1. The first-order valence-electron chi connectivity index (χ1n) is 5.31. The molecule has 0 spiro atoms. The number of nitrogens with one attached hydrogen (secondary N) is 1. The lowest BCUT2D eigenvalue weighted by molar-refractivity contribution is -0.00000465. The van der Waals surface area contributed by atoms with Crippen molar-refractivity contribution in [3.63, 3.8) is 0 Å². The lowest BCUT2D eigenvalue weighted by Crippen LogP contribution is -3.00. The molecular weight excluding hydrogens is 228 g/mol. The first-order valence-corrected chi connectivity index (χ1v) is 5.31. The highest BCUT2D eigenvalue weighted by Crippen LogP contribution is 2.35. The number of aromatic nitrogens is 1. The SMILES string of the molecule is Cc1cc(=O)[nH]c(O)c1[N+]1(C)CCCC1.[Cl-]. The van der Waals surface area contributed by atoms with Gasteiger partial charge in [-0.15, -0.1) is 0 Å². The second-order valence-electron chi connectivity index (χ2n) is 4.56. The molecule has 2 rings (SSSR count). The number of nitrogens with zero attached hydrogens (tertiary/aromatic N) is 1. The van der Waals surface area contributed by atoms with Crippen molar-refractivity contribution in [2.24, 2.45) is 0 Å². The van der Waals surface area contributed by atoms with Gasteiger partial charge in [0.2, 0.25) is 0 Å².